The van der Waals surface area contributed by atoms with E-state index in [0.717, 1.165) is 23.2 Å². The Hall–Kier alpha value is -2.35. The summed E-state index contributed by atoms with van der Waals surface area (Å²) >= 11 is 1.52. The van der Waals surface area contributed by atoms with E-state index in [4.69, 9.17) is 14.5 Å². The summed E-state index contributed by atoms with van der Waals surface area (Å²) in [4.78, 5) is 22.0. The zero-order valence-electron chi connectivity index (χ0n) is 17.0. The van der Waals surface area contributed by atoms with Crippen molar-refractivity contribution >= 4 is 45.0 Å². The highest BCUT2D eigenvalue weighted by molar-refractivity contribution is 7.22. The van der Waals surface area contributed by atoms with Gasteiger partial charge in [0.15, 0.2) is 16.6 Å². The molecule has 0 radical (unpaired) electrons. The fraction of sp³-hybridized carbons (Fsp3) is 0.333. The second-order valence-corrected chi connectivity index (χ2v) is 7.63. The van der Waals surface area contributed by atoms with Gasteiger partial charge in [-0.05, 0) is 51.3 Å². The molecule has 6 nitrogen and oxygen atoms in total. The minimum absolute atomic E-state index is 0. The van der Waals surface area contributed by atoms with Crippen molar-refractivity contribution in [3.63, 3.8) is 0 Å². The number of thiazole rings is 1. The second-order valence-electron chi connectivity index (χ2n) is 6.62. The molecule has 156 valence electrons. The van der Waals surface area contributed by atoms with E-state index in [1.807, 2.05) is 38.4 Å². The van der Waals surface area contributed by atoms with Crippen molar-refractivity contribution in [2.24, 2.45) is 0 Å². The van der Waals surface area contributed by atoms with Crippen LogP contribution in [-0.4, -0.2) is 57.2 Å². The van der Waals surface area contributed by atoms with Gasteiger partial charge in [0, 0.05) is 6.54 Å². The Morgan fingerprint density at radius 2 is 1.79 bits per heavy atom. The molecule has 0 unspecified atom stereocenters. The molecule has 0 aliphatic carbocycles. The highest BCUT2D eigenvalue weighted by atomic mass is 35.5. The SMILES string of the molecule is COc1cccc(C(=O)N(CCCN(C)C)c2nc3ccccc3s2)c1OC.Cl. The number of hydrogen-bond acceptors (Lipinski definition) is 6. The summed E-state index contributed by atoms with van der Waals surface area (Å²) in [6, 6.07) is 13.3. The summed E-state index contributed by atoms with van der Waals surface area (Å²) < 4.78 is 11.9. The van der Waals surface area contributed by atoms with Gasteiger partial charge in [-0.3, -0.25) is 9.69 Å². The Labute approximate surface area is 181 Å². The number of methoxy groups -OCH3 is 2. The van der Waals surface area contributed by atoms with E-state index in [9.17, 15) is 4.79 Å². The number of carbonyl (C=O) groups excluding carboxylic acids is 1. The van der Waals surface area contributed by atoms with E-state index in [1.165, 1.54) is 11.3 Å². The molecular formula is C21H26ClN3O3S. The largest absolute Gasteiger partial charge is 0.493 e. The quantitative estimate of drug-likeness (QED) is 0.527. The number of para-hydroxylation sites is 2. The van der Waals surface area contributed by atoms with Crippen LogP contribution in [-0.2, 0) is 0 Å². The van der Waals surface area contributed by atoms with Gasteiger partial charge in [-0.25, -0.2) is 4.98 Å². The predicted octanol–water partition coefficient (Wildman–Crippen LogP) is 4.33. The number of rotatable bonds is 8. The number of nitrogens with zero attached hydrogens (tertiary/aromatic N) is 3. The summed E-state index contributed by atoms with van der Waals surface area (Å²) in [5.74, 6) is 0.827. The molecule has 0 saturated heterocycles. The fourth-order valence-electron chi connectivity index (χ4n) is 3.01. The number of aromatic nitrogens is 1. The molecule has 29 heavy (non-hydrogen) atoms. The van der Waals surface area contributed by atoms with Gasteiger partial charge in [-0.1, -0.05) is 29.5 Å². The Bertz CT molecular complexity index is 928. The van der Waals surface area contributed by atoms with Crippen molar-refractivity contribution < 1.29 is 14.3 Å². The standard InChI is InChI=1S/C21H25N3O3S.ClH/c1-23(2)13-8-14-24(21-22-16-10-5-6-12-18(16)28-21)20(25)15-9-7-11-17(26-3)19(15)27-4;/h5-7,9-12H,8,13-14H2,1-4H3;1H. The van der Waals surface area contributed by atoms with Gasteiger partial charge in [-0.2, -0.15) is 0 Å². The molecule has 1 heterocycles. The minimum Gasteiger partial charge on any atom is -0.493 e. The topological polar surface area (TPSA) is 54.9 Å². The van der Waals surface area contributed by atoms with Crippen LogP contribution >= 0.6 is 23.7 Å². The van der Waals surface area contributed by atoms with Gasteiger partial charge in [0.1, 0.15) is 0 Å². The number of fused-ring (bicyclic) bond motifs is 1. The maximum atomic E-state index is 13.5. The van der Waals surface area contributed by atoms with Gasteiger partial charge < -0.3 is 14.4 Å². The number of amides is 1. The lowest BCUT2D eigenvalue weighted by molar-refractivity contribution is 0.0982. The van der Waals surface area contributed by atoms with Crippen LogP contribution < -0.4 is 14.4 Å². The van der Waals surface area contributed by atoms with Gasteiger partial charge in [0.2, 0.25) is 0 Å². The molecule has 1 aromatic heterocycles. The van der Waals surface area contributed by atoms with Crippen LogP contribution in [0.15, 0.2) is 42.5 Å². The summed E-state index contributed by atoms with van der Waals surface area (Å²) in [5.41, 5.74) is 1.36. The van der Waals surface area contributed by atoms with E-state index in [1.54, 1.807) is 37.3 Å². The van der Waals surface area contributed by atoms with Crippen molar-refractivity contribution in [3.8, 4) is 11.5 Å². The third-order valence-electron chi connectivity index (χ3n) is 4.38. The molecule has 3 rings (SSSR count). The number of hydrogen-bond donors (Lipinski definition) is 0. The maximum absolute atomic E-state index is 13.5. The van der Waals surface area contributed by atoms with Crippen LogP contribution in [0.3, 0.4) is 0 Å². The van der Waals surface area contributed by atoms with E-state index in [0.29, 0.717) is 28.7 Å². The number of carbonyl (C=O) groups is 1. The van der Waals surface area contributed by atoms with E-state index < -0.39 is 0 Å². The summed E-state index contributed by atoms with van der Waals surface area (Å²) in [7, 11) is 7.15. The molecule has 0 atom stereocenters. The van der Waals surface area contributed by atoms with Crippen molar-refractivity contribution in [1.82, 2.24) is 9.88 Å². The molecular weight excluding hydrogens is 410 g/mol. The van der Waals surface area contributed by atoms with E-state index in [2.05, 4.69) is 4.90 Å². The average molecular weight is 436 g/mol. The van der Waals surface area contributed by atoms with Crippen LogP contribution in [0.5, 0.6) is 11.5 Å². The van der Waals surface area contributed by atoms with Crippen LogP contribution in [0.1, 0.15) is 16.8 Å². The predicted molar refractivity (Wildman–Crippen MR) is 121 cm³/mol. The molecule has 0 fully saturated rings. The zero-order chi connectivity index (χ0) is 20.1. The molecule has 1 amide bonds. The third-order valence-corrected chi connectivity index (χ3v) is 5.44. The van der Waals surface area contributed by atoms with Crippen LogP contribution in [0.25, 0.3) is 10.2 Å². The molecule has 0 aliphatic rings. The molecule has 0 spiro atoms. The Morgan fingerprint density at radius 1 is 1.03 bits per heavy atom. The lowest BCUT2D eigenvalue weighted by Gasteiger charge is -2.22. The Morgan fingerprint density at radius 3 is 2.45 bits per heavy atom. The zero-order valence-corrected chi connectivity index (χ0v) is 18.7. The molecule has 0 N–H and O–H groups in total. The minimum atomic E-state index is -0.145. The smallest absolute Gasteiger partial charge is 0.263 e. The molecule has 0 saturated carbocycles. The fourth-order valence-corrected chi connectivity index (χ4v) is 4.00. The summed E-state index contributed by atoms with van der Waals surface area (Å²) in [6.07, 6.45) is 0.834. The van der Waals surface area contributed by atoms with E-state index in [-0.39, 0.29) is 18.3 Å². The summed E-state index contributed by atoms with van der Waals surface area (Å²) in [5, 5.41) is 0.690. The first-order valence-electron chi connectivity index (χ1n) is 9.08. The van der Waals surface area contributed by atoms with Gasteiger partial charge in [0.25, 0.3) is 5.91 Å². The molecule has 0 aliphatic heterocycles. The van der Waals surface area contributed by atoms with E-state index >= 15 is 0 Å². The van der Waals surface area contributed by atoms with Crippen LogP contribution in [0.4, 0.5) is 5.13 Å². The van der Waals surface area contributed by atoms with Gasteiger partial charge in [-0.15, -0.1) is 12.4 Å². The van der Waals surface area contributed by atoms with Crippen molar-refractivity contribution in [2.75, 3.05) is 46.3 Å². The highest BCUT2D eigenvalue weighted by Crippen LogP contribution is 2.34. The number of anilines is 1. The van der Waals surface area contributed by atoms with Gasteiger partial charge in [0.05, 0.1) is 30.0 Å². The first-order chi connectivity index (χ1) is 13.5. The molecule has 8 heteroatoms. The average Bonchev–Trinajstić information content (AvgIpc) is 3.13. The van der Waals surface area contributed by atoms with Crippen molar-refractivity contribution in [1.29, 1.82) is 0 Å². The lowest BCUT2D eigenvalue weighted by atomic mass is 10.1. The lowest BCUT2D eigenvalue weighted by Crippen LogP contribution is -2.33. The highest BCUT2D eigenvalue weighted by Gasteiger charge is 2.25. The first-order valence-corrected chi connectivity index (χ1v) is 9.90. The van der Waals surface area contributed by atoms with Crippen molar-refractivity contribution in [3.05, 3.63) is 48.0 Å². The second kappa shape index (κ2) is 10.4. The molecule has 3 aromatic rings. The number of ether oxygens (including phenoxy) is 2. The maximum Gasteiger partial charge on any atom is 0.263 e. The molecule has 2 aromatic carbocycles. The Kier molecular flexibility index (Phi) is 8.25. The van der Waals surface area contributed by atoms with Crippen LogP contribution in [0, 0.1) is 0 Å². The van der Waals surface area contributed by atoms with Crippen LogP contribution in [0.2, 0.25) is 0 Å². The number of benzene rings is 2. The normalized spacial score (nSPS) is 10.7. The van der Waals surface area contributed by atoms with Crippen molar-refractivity contribution in [2.45, 2.75) is 6.42 Å². The first kappa shape index (κ1) is 22.9. The molecule has 0 bridgehead atoms. The number of halogens is 1. The summed E-state index contributed by atoms with van der Waals surface area (Å²) in [6.45, 7) is 1.45. The van der Waals surface area contributed by atoms with Gasteiger partial charge >= 0.3 is 0 Å². The third kappa shape index (κ3) is 5.18. The monoisotopic (exact) mass is 435 g/mol. The Balaban J connectivity index is 0.00000300.